The van der Waals surface area contributed by atoms with Gasteiger partial charge in [0.15, 0.2) is 0 Å². The largest absolute Gasteiger partial charge is 0.299 e. The second kappa shape index (κ2) is 9.01. The lowest BCUT2D eigenvalue weighted by molar-refractivity contribution is -0.119. The van der Waals surface area contributed by atoms with E-state index in [1.807, 2.05) is 43.3 Å². The molecule has 1 atom stereocenters. The second-order valence-corrected chi connectivity index (χ2v) is 11.6. The summed E-state index contributed by atoms with van der Waals surface area (Å²) in [5, 5.41) is 12.0. The number of amides is 1. The number of hydrogen-bond acceptors (Lipinski definition) is 6. The van der Waals surface area contributed by atoms with Gasteiger partial charge in [0.2, 0.25) is 21.1 Å². The summed E-state index contributed by atoms with van der Waals surface area (Å²) in [5.74, 6) is -0.384. The lowest BCUT2D eigenvalue weighted by Gasteiger charge is -2.25. The summed E-state index contributed by atoms with van der Waals surface area (Å²) >= 11 is 4.68. The monoisotopic (exact) mass is 534 g/mol. The van der Waals surface area contributed by atoms with E-state index < -0.39 is 16.1 Å². The molecule has 0 spiro atoms. The molecule has 4 rings (SSSR count). The molecule has 0 aliphatic carbocycles. The van der Waals surface area contributed by atoms with Crippen LogP contribution in [0.4, 0.5) is 5.13 Å². The number of halogens is 1. The Morgan fingerprint density at radius 2 is 1.88 bits per heavy atom. The molecule has 0 bridgehead atoms. The van der Waals surface area contributed by atoms with E-state index in [0.29, 0.717) is 40.7 Å². The van der Waals surface area contributed by atoms with Crippen molar-refractivity contribution < 1.29 is 13.2 Å². The molecule has 2 aromatic carbocycles. The zero-order valence-corrected chi connectivity index (χ0v) is 21.1. The van der Waals surface area contributed by atoms with Gasteiger partial charge < -0.3 is 0 Å². The van der Waals surface area contributed by atoms with E-state index in [0.717, 1.165) is 15.6 Å². The summed E-state index contributed by atoms with van der Waals surface area (Å²) in [7, 11) is -3.81. The zero-order valence-electron chi connectivity index (χ0n) is 17.9. The van der Waals surface area contributed by atoms with Crippen molar-refractivity contribution >= 4 is 48.3 Å². The van der Waals surface area contributed by atoms with Gasteiger partial charge in [-0.25, -0.2) is 8.42 Å². The molecular weight excluding hydrogens is 512 g/mol. The van der Waals surface area contributed by atoms with E-state index in [4.69, 9.17) is 0 Å². The Morgan fingerprint density at radius 3 is 2.56 bits per heavy atom. The molecule has 1 aromatic heterocycles. The predicted octanol–water partition coefficient (Wildman–Crippen LogP) is 4.68. The fraction of sp³-hybridized carbons (Fsp3) is 0.318. The Hall–Kier alpha value is -2.14. The fourth-order valence-corrected chi connectivity index (χ4v) is 7.40. The summed E-state index contributed by atoms with van der Waals surface area (Å²) in [5.41, 5.74) is 3.27. The standard InChI is InChI=1S/C22H23BrN4O3S2/c1-13-10-14(2)19(15(3)11-13)32(29,30)27-9-5-8-18(27)20(28)24-22-26-25-21(31-22)16-6-4-7-17(23)12-16/h4,6-7,10-12,18H,5,8-9H2,1-3H3,(H,24,26,28). The highest BCUT2D eigenvalue weighted by molar-refractivity contribution is 9.10. The Labute approximate surface area is 200 Å². The Kier molecular flexibility index (Phi) is 6.49. The number of anilines is 1. The molecule has 10 heteroatoms. The lowest BCUT2D eigenvalue weighted by Crippen LogP contribution is -2.43. The quantitative estimate of drug-likeness (QED) is 0.512. The molecule has 2 heterocycles. The van der Waals surface area contributed by atoms with Crippen LogP contribution < -0.4 is 5.32 Å². The highest BCUT2D eigenvalue weighted by Gasteiger charge is 2.40. The third-order valence-corrected chi connectivity index (χ3v) is 9.00. The van der Waals surface area contributed by atoms with Crippen molar-refractivity contribution in [2.75, 3.05) is 11.9 Å². The molecule has 3 aromatic rings. The molecule has 1 fully saturated rings. The van der Waals surface area contributed by atoms with E-state index in [2.05, 4.69) is 31.4 Å². The number of sulfonamides is 1. The number of aromatic nitrogens is 2. The van der Waals surface area contributed by atoms with E-state index in [1.165, 1.54) is 15.6 Å². The molecule has 0 radical (unpaired) electrons. The van der Waals surface area contributed by atoms with Crippen molar-refractivity contribution in [1.29, 1.82) is 0 Å². The van der Waals surface area contributed by atoms with Crippen molar-refractivity contribution in [3.63, 3.8) is 0 Å². The van der Waals surface area contributed by atoms with Gasteiger partial charge in [0.1, 0.15) is 11.0 Å². The van der Waals surface area contributed by atoms with Crippen LogP contribution in [-0.2, 0) is 14.8 Å². The number of benzene rings is 2. The summed E-state index contributed by atoms with van der Waals surface area (Å²) < 4.78 is 29.2. The Morgan fingerprint density at radius 1 is 1.16 bits per heavy atom. The van der Waals surface area contributed by atoms with Gasteiger partial charge in [0.25, 0.3) is 0 Å². The average molecular weight is 535 g/mol. The van der Waals surface area contributed by atoms with E-state index in [1.54, 1.807) is 13.8 Å². The summed E-state index contributed by atoms with van der Waals surface area (Å²) in [4.78, 5) is 13.3. The highest BCUT2D eigenvalue weighted by Crippen LogP contribution is 2.32. The van der Waals surface area contributed by atoms with Crippen LogP contribution in [0.3, 0.4) is 0 Å². The van der Waals surface area contributed by atoms with Gasteiger partial charge in [-0.05, 0) is 56.9 Å². The first-order valence-corrected chi connectivity index (χ1v) is 13.2. The van der Waals surface area contributed by atoms with Crippen LogP contribution in [0.2, 0.25) is 0 Å². The smallest absolute Gasteiger partial charge is 0.244 e. The average Bonchev–Trinajstić information content (AvgIpc) is 3.37. The van der Waals surface area contributed by atoms with Gasteiger partial charge in [0.05, 0.1) is 4.90 Å². The fourth-order valence-electron chi connectivity index (χ4n) is 4.18. The number of nitrogens with one attached hydrogen (secondary N) is 1. The zero-order chi connectivity index (χ0) is 23.0. The van der Waals surface area contributed by atoms with Crippen LogP contribution in [0.25, 0.3) is 10.6 Å². The summed E-state index contributed by atoms with van der Waals surface area (Å²) in [6.07, 6.45) is 1.09. The first-order valence-electron chi connectivity index (χ1n) is 10.2. The topological polar surface area (TPSA) is 92.3 Å². The van der Waals surface area contributed by atoms with Crippen LogP contribution in [0.15, 0.2) is 45.8 Å². The number of aryl methyl sites for hydroxylation is 3. The maximum Gasteiger partial charge on any atom is 0.244 e. The van der Waals surface area contributed by atoms with Crippen molar-refractivity contribution in [3.05, 3.63) is 57.6 Å². The molecular formula is C22H23BrN4O3S2. The van der Waals surface area contributed by atoms with Gasteiger partial charge in [-0.2, -0.15) is 4.31 Å². The number of rotatable bonds is 5. The first-order chi connectivity index (χ1) is 15.2. The van der Waals surface area contributed by atoms with Crippen LogP contribution in [0.5, 0.6) is 0 Å². The second-order valence-electron chi connectivity index (χ2n) is 7.91. The lowest BCUT2D eigenvalue weighted by atomic mass is 10.1. The minimum absolute atomic E-state index is 0.288. The van der Waals surface area contributed by atoms with Gasteiger partial charge in [-0.3, -0.25) is 10.1 Å². The maximum absolute atomic E-state index is 13.5. The third-order valence-electron chi connectivity index (χ3n) is 5.40. The SMILES string of the molecule is Cc1cc(C)c(S(=O)(=O)N2CCCC2C(=O)Nc2nnc(-c3cccc(Br)c3)s2)c(C)c1. The number of hydrogen-bond donors (Lipinski definition) is 1. The van der Waals surface area contributed by atoms with Gasteiger partial charge in [-0.1, -0.05) is 57.1 Å². The molecule has 1 saturated heterocycles. The summed E-state index contributed by atoms with van der Waals surface area (Å²) in [6.45, 7) is 5.84. The maximum atomic E-state index is 13.5. The van der Waals surface area contributed by atoms with E-state index in [-0.39, 0.29) is 10.8 Å². The summed E-state index contributed by atoms with van der Waals surface area (Å²) in [6, 6.07) is 10.6. The number of nitrogens with zero attached hydrogens (tertiary/aromatic N) is 3. The molecule has 1 N–H and O–H groups in total. The molecule has 1 aliphatic rings. The number of carbonyl (C=O) groups excluding carboxylic acids is 1. The molecule has 1 unspecified atom stereocenters. The Bertz CT molecular complexity index is 1270. The van der Waals surface area contributed by atoms with Crippen LogP contribution in [0, 0.1) is 20.8 Å². The van der Waals surface area contributed by atoms with E-state index >= 15 is 0 Å². The normalized spacial score (nSPS) is 16.9. The van der Waals surface area contributed by atoms with Crippen LogP contribution in [0.1, 0.15) is 29.5 Å². The van der Waals surface area contributed by atoms with Crippen molar-refractivity contribution in [2.45, 2.75) is 44.6 Å². The molecule has 1 amide bonds. The van der Waals surface area contributed by atoms with Gasteiger partial charge in [-0.15, -0.1) is 10.2 Å². The number of carbonyl (C=O) groups is 1. The molecule has 7 nitrogen and oxygen atoms in total. The van der Waals surface area contributed by atoms with Crippen molar-refractivity contribution in [2.24, 2.45) is 0 Å². The van der Waals surface area contributed by atoms with Gasteiger partial charge in [0, 0.05) is 16.6 Å². The molecule has 32 heavy (non-hydrogen) atoms. The van der Waals surface area contributed by atoms with E-state index in [9.17, 15) is 13.2 Å². The van der Waals surface area contributed by atoms with Crippen LogP contribution >= 0.6 is 27.3 Å². The minimum Gasteiger partial charge on any atom is -0.299 e. The Balaban J connectivity index is 1.56. The van der Waals surface area contributed by atoms with Crippen molar-refractivity contribution in [3.8, 4) is 10.6 Å². The minimum atomic E-state index is -3.81. The predicted molar refractivity (Wildman–Crippen MR) is 129 cm³/mol. The highest BCUT2D eigenvalue weighted by atomic mass is 79.9. The molecule has 1 aliphatic heterocycles. The molecule has 0 saturated carbocycles. The van der Waals surface area contributed by atoms with Crippen LogP contribution in [-0.4, -0.2) is 41.4 Å². The third kappa shape index (κ3) is 4.50. The van der Waals surface area contributed by atoms with Gasteiger partial charge >= 0.3 is 0 Å². The molecule has 168 valence electrons. The first kappa shape index (κ1) is 23.0. The van der Waals surface area contributed by atoms with Crippen molar-refractivity contribution in [1.82, 2.24) is 14.5 Å².